The van der Waals surface area contributed by atoms with Crippen LogP contribution in [0.3, 0.4) is 0 Å². The van der Waals surface area contributed by atoms with E-state index in [-0.39, 0.29) is 12.0 Å². The predicted molar refractivity (Wildman–Crippen MR) is 112 cm³/mol. The van der Waals surface area contributed by atoms with Gasteiger partial charge in [-0.05, 0) is 111 Å². The molecule has 0 aliphatic heterocycles. The van der Waals surface area contributed by atoms with Crippen molar-refractivity contribution in [2.24, 2.45) is 52.2 Å². The Bertz CT molecular complexity index is 595. The van der Waals surface area contributed by atoms with E-state index >= 15 is 0 Å². The van der Waals surface area contributed by atoms with Crippen LogP contribution in [0.5, 0.6) is 0 Å². The lowest BCUT2D eigenvalue weighted by atomic mass is 9.44. The van der Waals surface area contributed by atoms with E-state index in [1.807, 2.05) is 0 Å². The largest absolute Gasteiger partial charge is 0.393 e. The summed E-state index contributed by atoms with van der Waals surface area (Å²) in [4.78, 5) is 11.6. The fraction of sp³-hybridized carbons (Fsp3) is 0.958. The van der Waals surface area contributed by atoms with Crippen LogP contribution in [0.2, 0.25) is 0 Å². The molecule has 0 aromatic carbocycles. The van der Waals surface area contributed by atoms with Crippen molar-refractivity contribution in [3.63, 3.8) is 0 Å². The van der Waals surface area contributed by atoms with Crippen LogP contribution in [0.15, 0.2) is 0 Å². The smallest absolute Gasteiger partial charge is 0.233 e. The molecule has 5 unspecified atom stereocenters. The number of hydrazine groups is 1. The number of carbonyl (C=O) groups is 1. The Morgan fingerprint density at radius 2 is 1.79 bits per heavy atom. The Hall–Kier alpha value is -0.610. The number of nitrogens with two attached hydrogens (primary N) is 1. The third kappa shape index (κ3) is 3.23. The van der Waals surface area contributed by atoms with Gasteiger partial charge in [-0.1, -0.05) is 20.8 Å². The van der Waals surface area contributed by atoms with Crippen LogP contribution in [0.1, 0.15) is 91.4 Å². The average molecular weight is 391 g/mol. The van der Waals surface area contributed by atoms with Crippen molar-refractivity contribution in [3.8, 4) is 0 Å². The van der Waals surface area contributed by atoms with Crippen molar-refractivity contribution in [2.75, 3.05) is 0 Å². The molecule has 4 heteroatoms. The topological polar surface area (TPSA) is 75.4 Å². The molecule has 4 nitrogen and oxygen atoms in total. The quantitative estimate of drug-likeness (QED) is 0.378. The summed E-state index contributed by atoms with van der Waals surface area (Å²) >= 11 is 0. The van der Waals surface area contributed by atoms with E-state index in [0.29, 0.717) is 23.2 Å². The third-order valence-electron chi connectivity index (χ3n) is 10.4. The van der Waals surface area contributed by atoms with E-state index < -0.39 is 0 Å². The molecule has 1 amide bonds. The highest BCUT2D eigenvalue weighted by Gasteiger charge is 2.60. The average Bonchev–Trinajstić information content (AvgIpc) is 3.03. The first-order valence-corrected chi connectivity index (χ1v) is 12.0. The van der Waals surface area contributed by atoms with E-state index in [4.69, 9.17) is 5.84 Å². The van der Waals surface area contributed by atoms with Gasteiger partial charge in [0.1, 0.15) is 0 Å². The molecule has 4 rings (SSSR count). The molecular formula is C24H42N2O2. The number of aliphatic hydroxyl groups excluding tert-OH is 1. The number of hydrogen-bond acceptors (Lipinski definition) is 3. The molecule has 0 radical (unpaired) electrons. The van der Waals surface area contributed by atoms with Gasteiger partial charge in [-0.3, -0.25) is 10.2 Å². The normalized spacial score (nSPS) is 48.9. The minimum Gasteiger partial charge on any atom is -0.393 e. The van der Waals surface area contributed by atoms with Gasteiger partial charge in [0.2, 0.25) is 5.91 Å². The van der Waals surface area contributed by atoms with Crippen LogP contribution in [-0.4, -0.2) is 17.1 Å². The van der Waals surface area contributed by atoms with Gasteiger partial charge in [0.15, 0.2) is 0 Å². The van der Waals surface area contributed by atoms with Crippen molar-refractivity contribution in [1.82, 2.24) is 5.43 Å². The van der Waals surface area contributed by atoms with Crippen molar-refractivity contribution >= 4 is 5.91 Å². The van der Waals surface area contributed by atoms with Crippen LogP contribution < -0.4 is 11.3 Å². The van der Waals surface area contributed by atoms with Crippen molar-refractivity contribution in [1.29, 1.82) is 0 Å². The van der Waals surface area contributed by atoms with Gasteiger partial charge in [0.25, 0.3) is 0 Å². The highest BCUT2D eigenvalue weighted by atomic mass is 16.3. The molecule has 4 fully saturated rings. The Labute approximate surface area is 171 Å². The van der Waals surface area contributed by atoms with Gasteiger partial charge >= 0.3 is 0 Å². The second-order valence-corrected chi connectivity index (χ2v) is 11.4. The molecule has 0 saturated heterocycles. The van der Waals surface area contributed by atoms with Crippen LogP contribution in [0.25, 0.3) is 0 Å². The van der Waals surface area contributed by atoms with Gasteiger partial charge in [0.05, 0.1) is 6.10 Å². The third-order valence-corrected chi connectivity index (χ3v) is 10.4. The lowest BCUT2D eigenvalue weighted by Crippen LogP contribution is -2.54. The second-order valence-electron chi connectivity index (χ2n) is 11.4. The first-order valence-electron chi connectivity index (χ1n) is 12.0. The zero-order chi connectivity index (χ0) is 20.1. The number of hydrogen-bond donors (Lipinski definition) is 3. The van der Waals surface area contributed by atoms with Crippen LogP contribution >= 0.6 is 0 Å². The summed E-state index contributed by atoms with van der Waals surface area (Å²) < 4.78 is 0. The molecule has 0 bridgehead atoms. The van der Waals surface area contributed by atoms with E-state index in [0.717, 1.165) is 48.9 Å². The maximum Gasteiger partial charge on any atom is 0.233 e. The first-order chi connectivity index (χ1) is 13.3. The molecule has 0 heterocycles. The number of fused-ring (bicyclic) bond motifs is 5. The van der Waals surface area contributed by atoms with Crippen molar-refractivity contribution < 1.29 is 9.90 Å². The fourth-order valence-corrected chi connectivity index (χ4v) is 8.84. The van der Waals surface area contributed by atoms with E-state index in [9.17, 15) is 9.90 Å². The molecule has 0 aromatic heterocycles. The standard InChI is InChI=1S/C24H42N2O2/c1-15(4-9-22(28)26-25)19-7-8-20-18-6-5-16-14-17(27)10-12-23(16,2)21(18)11-13-24(19,20)3/h15-21,27H,4-14,25H2,1-3H3,(H,26,28)/t15?,16-,17-,18?,19?,20?,21?,23+,24-/m0/s1. The molecule has 160 valence electrons. The highest BCUT2D eigenvalue weighted by molar-refractivity contribution is 5.75. The van der Waals surface area contributed by atoms with Gasteiger partial charge < -0.3 is 5.11 Å². The Kier molecular flexibility index (Phi) is 5.59. The summed E-state index contributed by atoms with van der Waals surface area (Å²) in [5.41, 5.74) is 3.21. The van der Waals surface area contributed by atoms with Crippen LogP contribution in [-0.2, 0) is 4.79 Å². The van der Waals surface area contributed by atoms with E-state index in [1.165, 1.54) is 44.9 Å². The lowest BCUT2D eigenvalue weighted by Gasteiger charge is -2.61. The lowest BCUT2D eigenvalue weighted by molar-refractivity contribution is -0.129. The molecule has 4 aliphatic rings. The van der Waals surface area contributed by atoms with Gasteiger partial charge in [-0.2, -0.15) is 0 Å². The summed E-state index contributed by atoms with van der Waals surface area (Å²) in [6.45, 7) is 7.53. The van der Waals surface area contributed by atoms with E-state index in [1.54, 1.807) is 0 Å². The number of amides is 1. The van der Waals surface area contributed by atoms with Crippen molar-refractivity contribution in [2.45, 2.75) is 97.5 Å². The SMILES string of the molecule is CC(CCC(=O)NN)C1CCC2C3CC[C@H]4C[C@@H](O)CC[C@@]4(C)C3CC[C@@]12C. The number of nitrogens with one attached hydrogen (secondary N) is 1. The molecule has 4 aliphatic carbocycles. The maximum atomic E-state index is 11.6. The highest BCUT2D eigenvalue weighted by Crippen LogP contribution is 2.68. The van der Waals surface area contributed by atoms with Crippen LogP contribution in [0, 0.1) is 46.3 Å². The molecule has 4 saturated carbocycles. The summed E-state index contributed by atoms with van der Waals surface area (Å²) in [6.07, 6.45) is 13.0. The minimum absolute atomic E-state index is 0.0269. The van der Waals surface area contributed by atoms with Gasteiger partial charge in [-0.15, -0.1) is 0 Å². The molecule has 4 N–H and O–H groups in total. The number of rotatable bonds is 4. The van der Waals surface area contributed by atoms with E-state index in [2.05, 4.69) is 26.2 Å². The summed E-state index contributed by atoms with van der Waals surface area (Å²) in [6, 6.07) is 0. The van der Waals surface area contributed by atoms with Gasteiger partial charge in [-0.25, -0.2) is 5.84 Å². The van der Waals surface area contributed by atoms with Crippen LogP contribution in [0.4, 0.5) is 0 Å². The zero-order valence-corrected chi connectivity index (χ0v) is 18.3. The summed E-state index contributed by atoms with van der Waals surface area (Å²) in [5, 5.41) is 10.2. The monoisotopic (exact) mass is 390 g/mol. The van der Waals surface area contributed by atoms with Crippen molar-refractivity contribution in [3.05, 3.63) is 0 Å². The molecule has 28 heavy (non-hydrogen) atoms. The summed E-state index contributed by atoms with van der Waals surface area (Å²) in [7, 11) is 0. The van der Waals surface area contributed by atoms with Gasteiger partial charge in [0, 0.05) is 6.42 Å². The predicted octanol–water partition coefficient (Wildman–Crippen LogP) is 4.41. The fourth-order valence-electron chi connectivity index (χ4n) is 8.84. The molecule has 0 aromatic rings. The maximum absolute atomic E-state index is 11.6. The Balaban J connectivity index is 1.48. The first kappa shape index (κ1) is 20.7. The minimum atomic E-state index is -0.0501. The zero-order valence-electron chi connectivity index (χ0n) is 18.3. The molecular weight excluding hydrogens is 348 g/mol. The second kappa shape index (κ2) is 7.58. The molecule has 9 atom stereocenters. The summed E-state index contributed by atoms with van der Waals surface area (Å²) in [5.74, 6) is 9.97. The molecule has 0 spiro atoms. The number of carbonyl (C=O) groups excluding carboxylic acids is 1. The number of aliphatic hydroxyl groups is 1. The Morgan fingerprint density at radius 3 is 2.54 bits per heavy atom. The Morgan fingerprint density at radius 1 is 1.07 bits per heavy atom.